The normalized spacial score (nSPS) is 11.6. The number of ketones is 2. The zero-order valence-electron chi connectivity index (χ0n) is 13.8. The Bertz CT molecular complexity index is 324. The molecular formula is C16H28FeO4. The van der Waals surface area contributed by atoms with Gasteiger partial charge in [-0.2, -0.15) is 0 Å². The van der Waals surface area contributed by atoms with Gasteiger partial charge in [0.2, 0.25) is 0 Å². The van der Waals surface area contributed by atoms with Crippen molar-refractivity contribution >= 4 is 11.6 Å². The summed E-state index contributed by atoms with van der Waals surface area (Å²) in [5, 5.41) is 17.4. The molecule has 124 valence electrons. The molecule has 0 radical (unpaired) electrons. The molecule has 0 heterocycles. The van der Waals surface area contributed by atoms with Crippen LogP contribution in [-0.2, 0) is 26.7 Å². The van der Waals surface area contributed by atoms with Gasteiger partial charge in [0.15, 0.2) is 11.6 Å². The van der Waals surface area contributed by atoms with Gasteiger partial charge in [-0.3, -0.25) is 9.59 Å². The molecule has 0 aliphatic rings. The molecule has 21 heavy (non-hydrogen) atoms. The molecule has 4 nitrogen and oxygen atoms in total. The van der Waals surface area contributed by atoms with Crippen LogP contribution >= 0.6 is 0 Å². The Hall–Kier alpha value is -1.06. The van der Waals surface area contributed by atoms with Gasteiger partial charge in [-0.25, -0.2) is 0 Å². The Balaban J connectivity index is -0.000000295. The van der Waals surface area contributed by atoms with E-state index >= 15 is 0 Å². The Labute approximate surface area is 138 Å². The molecule has 0 bridgehead atoms. The van der Waals surface area contributed by atoms with Crippen LogP contribution in [0.2, 0.25) is 0 Å². The maximum atomic E-state index is 10.8. The summed E-state index contributed by atoms with van der Waals surface area (Å²) in [5.74, 6) is 0.896. The van der Waals surface area contributed by atoms with Crippen LogP contribution in [0.25, 0.3) is 0 Å². The molecule has 0 amide bonds. The van der Waals surface area contributed by atoms with Gasteiger partial charge in [-0.15, -0.1) is 0 Å². The third-order valence-corrected chi connectivity index (χ3v) is 1.96. The number of carbonyl (C=O) groups is 2. The average Bonchev–Trinajstić information content (AvgIpc) is 2.11. The number of rotatable bonds is 6. The standard InChI is InChI=1S/2C8H14O2.Fe/c2*1-6(2)4-8(10)5-7(3)9;/h2*5-6,9H,4H2,1-3H3;/b2*7-5-;. The van der Waals surface area contributed by atoms with Gasteiger partial charge < -0.3 is 10.2 Å². The van der Waals surface area contributed by atoms with Crippen molar-refractivity contribution in [2.75, 3.05) is 0 Å². The van der Waals surface area contributed by atoms with E-state index in [9.17, 15) is 9.59 Å². The van der Waals surface area contributed by atoms with E-state index in [4.69, 9.17) is 10.2 Å². The average molecular weight is 340 g/mol. The Morgan fingerprint density at radius 2 is 1.05 bits per heavy atom. The molecular weight excluding hydrogens is 312 g/mol. The van der Waals surface area contributed by atoms with Gasteiger partial charge in [-0.05, 0) is 25.7 Å². The first kappa shape index (κ1) is 24.9. The van der Waals surface area contributed by atoms with Gasteiger partial charge in [0, 0.05) is 42.1 Å². The molecule has 0 spiro atoms. The van der Waals surface area contributed by atoms with Gasteiger partial charge >= 0.3 is 0 Å². The fourth-order valence-corrected chi connectivity index (χ4v) is 1.39. The number of hydrogen-bond donors (Lipinski definition) is 2. The molecule has 0 aromatic carbocycles. The molecule has 0 fully saturated rings. The summed E-state index contributed by atoms with van der Waals surface area (Å²) in [5.41, 5.74) is 0. The van der Waals surface area contributed by atoms with Gasteiger partial charge in [0.1, 0.15) is 0 Å². The van der Waals surface area contributed by atoms with E-state index in [-0.39, 0.29) is 40.2 Å². The van der Waals surface area contributed by atoms with Crippen molar-refractivity contribution in [3.8, 4) is 0 Å². The second-order valence-corrected chi connectivity index (χ2v) is 5.70. The molecule has 0 rings (SSSR count). The zero-order chi connectivity index (χ0) is 16.3. The van der Waals surface area contributed by atoms with Crippen molar-refractivity contribution in [3.05, 3.63) is 23.7 Å². The van der Waals surface area contributed by atoms with Crippen molar-refractivity contribution in [3.63, 3.8) is 0 Å². The van der Waals surface area contributed by atoms with E-state index < -0.39 is 0 Å². The fraction of sp³-hybridized carbons (Fsp3) is 0.625. The minimum absolute atomic E-state index is 0. The maximum absolute atomic E-state index is 10.8. The summed E-state index contributed by atoms with van der Waals surface area (Å²) < 4.78 is 0. The third-order valence-electron chi connectivity index (χ3n) is 1.96. The van der Waals surface area contributed by atoms with Gasteiger partial charge in [0.25, 0.3) is 0 Å². The molecule has 0 saturated carbocycles. The number of carbonyl (C=O) groups excluding carboxylic acids is 2. The van der Waals surface area contributed by atoms with Crippen molar-refractivity contribution < 1.29 is 36.9 Å². The molecule has 0 aliphatic heterocycles. The number of aliphatic hydroxyl groups is 2. The summed E-state index contributed by atoms with van der Waals surface area (Å²) in [6.45, 7) is 10.9. The first-order chi connectivity index (χ1) is 9.04. The second-order valence-electron chi connectivity index (χ2n) is 5.70. The maximum Gasteiger partial charge on any atom is 0.159 e. The van der Waals surface area contributed by atoms with E-state index in [0.717, 1.165) is 0 Å². The van der Waals surface area contributed by atoms with Crippen LogP contribution in [0.15, 0.2) is 23.7 Å². The zero-order valence-corrected chi connectivity index (χ0v) is 14.9. The predicted octanol–water partition coefficient (Wildman–Crippen LogP) is 4.12. The van der Waals surface area contributed by atoms with Crippen LogP contribution in [0.4, 0.5) is 0 Å². The smallest absolute Gasteiger partial charge is 0.159 e. The molecule has 0 aromatic rings. The Morgan fingerprint density at radius 1 is 0.810 bits per heavy atom. The Morgan fingerprint density at radius 3 is 1.19 bits per heavy atom. The minimum Gasteiger partial charge on any atom is -0.512 e. The first-order valence-electron chi connectivity index (χ1n) is 6.84. The van der Waals surface area contributed by atoms with E-state index in [2.05, 4.69) is 0 Å². The number of aliphatic hydroxyl groups excluding tert-OH is 2. The van der Waals surface area contributed by atoms with Gasteiger partial charge in [-0.1, -0.05) is 27.7 Å². The van der Waals surface area contributed by atoms with E-state index in [1.165, 1.54) is 26.0 Å². The quantitative estimate of drug-likeness (QED) is 0.433. The minimum atomic E-state index is -0.00463. The van der Waals surface area contributed by atoms with Gasteiger partial charge in [0.05, 0.1) is 11.5 Å². The van der Waals surface area contributed by atoms with Crippen molar-refractivity contribution in [1.82, 2.24) is 0 Å². The summed E-state index contributed by atoms with van der Waals surface area (Å²) in [6.07, 6.45) is 3.55. The summed E-state index contributed by atoms with van der Waals surface area (Å²) in [7, 11) is 0. The summed E-state index contributed by atoms with van der Waals surface area (Å²) >= 11 is 0. The SMILES string of the molecule is C/C(O)=C/C(=O)CC(C)C.C/C(O)=C/C(=O)CC(C)C.[Fe]. The summed E-state index contributed by atoms with van der Waals surface area (Å²) in [6, 6.07) is 0. The topological polar surface area (TPSA) is 74.6 Å². The largest absolute Gasteiger partial charge is 0.512 e. The molecule has 0 aromatic heterocycles. The Kier molecular flexibility index (Phi) is 16.5. The van der Waals surface area contributed by atoms with E-state index in [0.29, 0.717) is 24.7 Å². The van der Waals surface area contributed by atoms with Crippen LogP contribution in [0.1, 0.15) is 54.4 Å². The molecule has 0 saturated heterocycles. The first-order valence-corrected chi connectivity index (χ1v) is 6.84. The van der Waals surface area contributed by atoms with Crippen molar-refractivity contribution in [2.24, 2.45) is 11.8 Å². The molecule has 0 aliphatic carbocycles. The van der Waals surface area contributed by atoms with Crippen molar-refractivity contribution in [2.45, 2.75) is 54.4 Å². The van der Waals surface area contributed by atoms with E-state index in [1.54, 1.807) is 0 Å². The van der Waals surface area contributed by atoms with Crippen LogP contribution in [-0.4, -0.2) is 21.8 Å². The molecule has 0 atom stereocenters. The van der Waals surface area contributed by atoms with Crippen molar-refractivity contribution in [1.29, 1.82) is 0 Å². The second kappa shape index (κ2) is 13.9. The monoisotopic (exact) mass is 340 g/mol. The van der Waals surface area contributed by atoms with E-state index in [1.807, 2.05) is 27.7 Å². The fourth-order valence-electron chi connectivity index (χ4n) is 1.39. The third kappa shape index (κ3) is 24.3. The molecule has 0 unspecified atom stereocenters. The molecule has 2 N–H and O–H groups in total. The number of hydrogen-bond acceptors (Lipinski definition) is 4. The van der Waals surface area contributed by atoms with Crippen LogP contribution in [0.5, 0.6) is 0 Å². The van der Waals surface area contributed by atoms with Crippen LogP contribution in [0, 0.1) is 11.8 Å². The van der Waals surface area contributed by atoms with Crippen LogP contribution in [0.3, 0.4) is 0 Å². The molecule has 5 heteroatoms. The van der Waals surface area contributed by atoms with Crippen LogP contribution < -0.4 is 0 Å². The summed E-state index contributed by atoms with van der Waals surface area (Å²) in [4.78, 5) is 21.7. The predicted molar refractivity (Wildman–Crippen MR) is 81.7 cm³/mol. The number of allylic oxidation sites excluding steroid dienone is 4.